The Morgan fingerprint density at radius 3 is 2.18 bits per heavy atom. The van der Waals surface area contributed by atoms with Gasteiger partial charge in [0.05, 0.1) is 6.04 Å². The summed E-state index contributed by atoms with van der Waals surface area (Å²) in [6.45, 7) is 4.18. The number of hydrogen-bond donors (Lipinski definition) is 1. The Bertz CT molecular complexity index is 514. The molecule has 0 aliphatic carbocycles. The molecule has 88 valence electrons. The van der Waals surface area contributed by atoms with E-state index in [0.717, 1.165) is 10.6 Å². The molecule has 0 aliphatic heterocycles. The summed E-state index contributed by atoms with van der Waals surface area (Å²) in [5.41, 5.74) is 11.0. The van der Waals surface area contributed by atoms with E-state index in [2.05, 4.69) is 32.0 Å². The molecule has 0 saturated heterocycles. The second-order valence-corrected chi connectivity index (χ2v) is 4.77. The average Bonchev–Trinajstić information content (AvgIpc) is 2.28. The second kappa shape index (κ2) is 4.91. The van der Waals surface area contributed by atoms with E-state index in [1.807, 2.05) is 24.3 Å². The van der Waals surface area contributed by atoms with Crippen molar-refractivity contribution in [2.24, 2.45) is 5.73 Å². The van der Waals surface area contributed by atoms with Crippen LogP contribution in [0.3, 0.4) is 0 Å². The van der Waals surface area contributed by atoms with Gasteiger partial charge in [0.1, 0.15) is 0 Å². The number of nitrogens with two attached hydrogens (primary N) is 1. The number of hydrogen-bond acceptors (Lipinski definition) is 1. The van der Waals surface area contributed by atoms with Crippen molar-refractivity contribution in [2.75, 3.05) is 0 Å². The fourth-order valence-electron chi connectivity index (χ4n) is 2.18. The SMILES string of the molecule is Cc1cccc(C)c1C(N)c1cccc(Cl)c1. The third-order valence-corrected chi connectivity index (χ3v) is 3.30. The van der Waals surface area contributed by atoms with Crippen molar-refractivity contribution in [3.05, 3.63) is 69.7 Å². The van der Waals surface area contributed by atoms with Gasteiger partial charge in [0.2, 0.25) is 0 Å². The topological polar surface area (TPSA) is 26.0 Å². The highest BCUT2D eigenvalue weighted by Crippen LogP contribution is 2.27. The maximum atomic E-state index is 6.33. The van der Waals surface area contributed by atoms with Gasteiger partial charge in [-0.3, -0.25) is 0 Å². The molecule has 0 aromatic heterocycles. The molecule has 2 N–H and O–H groups in total. The molecule has 2 aromatic rings. The summed E-state index contributed by atoms with van der Waals surface area (Å²) in [6, 6.07) is 13.9. The maximum absolute atomic E-state index is 6.33. The summed E-state index contributed by atoms with van der Waals surface area (Å²) >= 11 is 6.00. The van der Waals surface area contributed by atoms with E-state index in [4.69, 9.17) is 17.3 Å². The largest absolute Gasteiger partial charge is 0.320 e. The Hall–Kier alpha value is -1.31. The maximum Gasteiger partial charge on any atom is 0.0557 e. The van der Waals surface area contributed by atoms with Crippen LogP contribution in [0.25, 0.3) is 0 Å². The zero-order chi connectivity index (χ0) is 12.4. The van der Waals surface area contributed by atoms with E-state index < -0.39 is 0 Å². The molecule has 2 rings (SSSR count). The summed E-state index contributed by atoms with van der Waals surface area (Å²) in [5.74, 6) is 0. The van der Waals surface area contributed by atoms with Gasteiger partial charge < -0.3 is 5.73 Å². The third-order valence-electron chi connectivity index (χ3n) is 3.06. The van der Waals surface area contributed by atoms with Gasteiger partial charge in [-0.25, -0.2) is 0 Å². The first-order valence-electron chi connectivity index (χ1n) is 5.67. The quantitative estimate of drug-likeness (QED) is 0.850. The molecule has 0 heterocycles. The van der Waals surface area contributed by atoms with Crippen molar-refractivity contribution >= 4 is 11.6 Å². The number of aryl methyl sites for hydroxylation is 2. The van der Waals surface area contributed by atoms with Crippen molar-refractivity contribution in [1.29, 1.82) is 0 Å². The summed E-state index contributed by atoms with van der Waals surface area (Å²) < 4.78 is 0. The van der Waals surface area contributed by atoms with E-state index in [0.29, 0.717) is 0 Å². The number of halogens is 1. The lowest BCUT2D eigenvalue weighted by Crippen LogP contribution is -2.14. The Morgan fingerprint density at radius 1 is 1.00 bits per heavy atom. The molecular weight excluding hydrogens is 230 g/mol. The van der Waals surface area contributed by atoms with Crippen molar-refractivity contribution < 1.29 is 0 Å². The second-order valence-electron chi connectivity index (χ2n) is 4.34. The first-order valence-corrected chi connectivity index (χ1v) is 6.04. The zero-order valence-electron chi connectivity index (χ0n) is 10.1. The molecule has 0 fully saturated rings. The molecule has 1 atom stereocenters. The average molecular weight is 246 g/mol. The number of benzene rings is 2. The van der Waals surface area contributed by atoms with Crippen molar-refractivity contribution in [2.45, 2.75) is 19.9 Å². The lowest BCUT2D eigenvalue weighted by molar-refractivity contribution is 0.851. The minimum atomic E-state index is -0.116. The van der Waals surface area contributed by atoms with E-state index in [1.165, 1.54) is 16.7 Å². The van der Waals surface area contributed by atoms with Gasteiger partial charge in [0.25, 0.3) is 0 Å². The van der Waals surface area contributed by atoms with Gasteiger partial charge in [-0.2, -0.15) is 0 Å². The first-order chi connectivity index (χ1) is 8.09. The van der Waals surface area contributed by atoms with Crippen LogP contribution >= 0.6 is 11.6 Å². The van der Waals surface area contributed by atoms with Gasteiger partial charge >= 0.3 is 0 Å². The van der Waals surface area contributed by atoms with E-state index >= 15 is 0 Å². The van der Waals surface area contributed by atoms with Crippen molar-refractivity contribution in [1.82, 2.24) is 0 Å². The van der Waals surface area contributed by atoms with Crippen LogP contribution < -0.4 is 5.73 Å². The first kappa shape index (κ1) is 12.2. The van der Waals surface area contributed by atoms with Crippen molar-refractivity contribution in [3.63, 3.8) is 0 Å². The highest BCUT2D eigenvalue weighted by Gasteiger charge is 2.13. The lowest BCUT2D eigenvalue weighted by atomic mass is 9.92. The molecule has 0 aliphatic rings. The van der Waals surface area contributed by atoms with E-state index in [-0.39, 0.29) is 6.04 Å². The molecule has 0 bridgehead atoms. The Balaban J connectivity index is 2.47. The van der Waals surface area contributed by atoms with Gasteiger partial charge in [-0.1, -0.05) is 41.9 Å². The van der Waals surface area contributed by atoms with Gasteiger partial charge in [-0.05, 0) is 48.2 Å². The summed E-state index contributed by atoms with van der Waals surface area (Å²) in [5, 5.41) is 0.726. The van der Waals surface area contributed by atoms with Crippen LogP contribution in [-0.2, 0) is 0 Å². The van der Waals surface area contributed by atoms with Crippen LogP contribution in [0.4, 0.5) is 0 Å². The van der Waals surface area contributed by atoms with Crippen LogP contribution in [-0.4, -0.2) is 0 Å². The monoisotopic (exact) mass is 245 g/mol. The molecular formula is C15H16ClN. The van der Waals surface area contributed by atoms with Crippen molar-refractivity contribution in [3.8, 4) is 0 Å². The molecule has 0 spiro atoms. The lowest BCUT2D eigenvalue weighted by Gasteiger charge is -2.18. The summed E-state index contributed by atoms with van der Waals surface area (Å²) in [6.07, 6.45) is 0. The minimum Gasteiger partial charge on any atom is -0.320 e. The predicted molar refractivity (Wildman–Crippen MR) is 73.4 cm³/mol. The highest BCUT2D eigenvalue weighted by molar-refractivity contribution is 6.30. The van der Waals surface area contributed by atoms with E-state index in [1.54, 1.807) is 0 Å². The molecule has 0 amide bonds. The highest BCUT2D eigenvalue weighted by atomic mass is 35.5. The molecule has 2 aromatic carbocycles. The minimum absolute atomic E-state index is 0.116. The molecule has 1 nitrogen and oxygen atoms in total. The molecule has 1 unspecified atom stereocenters. The van der Waals surface area contributed by atoms with Crippen LogP contribution in [0, 0.1) is 13.8 Å². The summed E-state index contributed by atoms with van der Waals surface area (Å²) in [7, 11) is 0. The van der Waals surface area contributed by atoms with Crippen LogP contribution in [0.1, 0.15) is 28.3 Å². The zero-order valence-corrected chi connectivity index (χ0v) is 10.8. The molecule has 0 saturated carbocycles. The van der Waals surface area contributed by atoms with Gasteiger partial charge in [0, 0.05) is 5.02 Å². The van der Waals surface area contributed by atoms with Gasteiger partial charge in [0.15, 0.2) is 0 Å². The Morgan fingerprint density at radius 2 is 1.59 bits per heavy atom. The molecule has 0 radical (unpaired) electrons. The van der Waals surface area contributed by atoms with Crippen LogP contribution in [0.5, 0.6) is 0 Å². The van der Waals surface area contributed by atoms with E-state index in [9.17, 15) is 0 Å². The van der Waals surface area contributed by atoms with Crippen LogP contribution in [0.2, 0.25) is 5.02 Å². The molecule has 17 heavy (non-hydrogen) atoms. The summed E-state index contributed by atoms with van der Waals surface area (Å²) in [4.78, 5) is 0. The van der Waals surface area contributed by atoms with Crippen LogP contribution in [0.15, 0.2) is 42.5 Å². The standard InChI is InChI=1S/C15H16ClN/c1-10-5-3-6-11(2)14(10)15(17)12-7-4-8-13(16)9-12/h3-9,15H,17H2,1-2H3. The normalized spacial score (nSPS) is 12.5. The fraction of sp³-hybridized carbons (Fsp3) is 0.200. The Kier molecular flexibility index (Phi) is 3.51. The number of rotatable bonds is 2. The molecule has 2 heteroatoms. The predicted octanol–water partition coefficient (Wildman–Crippen LogP) is 4.00. The third kappa shape index (κ3) is 2.51. The smallest absolute Gasteiger partial charge is 0.0557 e. The Labute approximate surface area is 107 Å². The van der Waals surface area contributed by atoms with Gasteiger partial charge in [-0.15, -0.1) is 0 Å². The fourth-order valence-corrected chi connectivity index (χ4v) is 2.38.